The predicted octanol–water partition coefficient (Wildman–Crippen LogP) is 3.67. The number of nitriles is 1. The van der Waals surface area contributed by atoms with E-state index in [0.717, 1.165) is 5.39 Å². The molecular formula is C21H19N3O3. The van der Waals surface area contributed by atoms with Crippen molar-refractivity contribution in [2.75, 3.05) is 19.8 Å². The molecule has 27 heavy (non-hydrogen) atoms. The molecule has 1 aromatic heterocycles. The zero-order valence-electron chi connectivity index (χ0n) is 14.9. The summed E-state index contributed by atoms with van der Waals surface area (Å²) in [4.78, 5) is 16.5. The van der Waals surface area contributed by atoms with Gasteiger partial charge in [-0.1, -0.05) is 6.07 Å². The van der Waals surface area contributed by atoms with Gasteiger partial charge in [-0.15, -0.1) is 0 Å². The van der Waals surface area contributed by atoms with Gasteiger partial charge in [0, 0.05) is 18.5 Å². The van der Waals surface area contributed by atoms with Crippen LogP contribution < -0.4 is 10.1 Å². The Labute approximate surface area is 157 Å². The molecule has 136 valence electrons. The van der Waals surface area contributed by atoms with Crippen LogP contribution in [0, 0.1) is 11.3 Å². The van der Waals surface area contributed by atoms with Crippen molar-refractivity contribution in [1.82, 2.24) is 10.3 Å². The van der Waals surface area contributed by atoms with Gasteiger partial charge in [0.05, 0.1) is 23.8 Å². The summed E-state index contributed by atoms with van der Waals surface area (Å²) in [5.74, 6) is 1.07. The molecule has 0 bridgehead atoms. The smallest absolute Gasteiger partial charge is 0.269 e. The van der Waals surface area contributed by atoms with Gasteiger partial charge in [-0.05, 0) is 55.5 Å². The van der Waals surface area contributed by atoms with Crippen LogP contribution >= 0.6 is 0 Å². The van der Waals surface area contributed by atoms with Gasteiger partial charge in [0.15, 0.2) is 0 Å². The second-order valence-corrected chi connectivity index (χ2v) is 5.74. The van der Waals surface area contributed by atoms with Crippen molar-refractivity contribution < 1.29 is 14.3 Å². The predicted molar refractivity (Wildman–Crippen MR) is 102 cm³/mol. The maximum Gasteiger partial charge on any atom is 0.269 e. The van der Waals surface area contributed by atoms with Crippen molar-refractivity contribution in [2.45, 2.75) is 6.92 Å². The van der Waals surface area contributed by atoms with Gasteiger partial charge in [-0.2, -0.15) is 5.26 Å². The lowest BCUT2D eigenvalue weighted by molar-refractivity contribution is 0.0918. The third kappa shape index (κ3) is 4.81. The van der Waals surface area contributed by atoms with Gasteiger partial charge < -0.3 is 14.8 Å². The van der Waals surface area contributed by atoms with Gasteiger partial charge in [0.2, 0.25) is 0 Å². The van der Waals surface area contributed by atoms with Crippen LogP contribution in [0.3, 0.4) is 0 Å². The first-order chi connectivity index (χ1) is 13.2. The number of amides is 1. The zero-order valence-corrected chi connectivity index (χ0v) is 14.9. The first-order valence-corrected chi connectivity index (χ1v) is 8.64. The van der Waals surface area contributed by atoms with Crippen molar-refractivity contribution in [2.24, 2.45) is 0 Å². The Morgan fingerprint density at radius 2 is 1.89 bits per heavy atom. The zero-order chi connectivity index (χ0) is 19.1. The third-order valence-corrected chi connectivity index (χ3v) is 3.85. The number of ether oxygens (including phenoxy) is 2. The summed E-state index contributed by atoms with van der Waals surface area (Å²) >= 11 is 0. The largest absolute Gasteiger partial charge is 0.457 e. The summed E-state index contributed by atoms with van der Waals surface area (Å²) in [7, 11) is 0. The number of hydrogen-bond donors (Lipinski definition) is 1. The fourth-order valence-electron chi connectivity index (χ4n) is 2.50. The van der Waals surface area contributed by atoms with Gasteiger partial charge >= 0.3 is 0 Å². The molecule has 1 heterocycles. The number of aromatic nitrogens is 1. The van der Waals surface area contributed by atoms with Gasteiger partial charge in [-0.3, -0.25) is 4.79 Å². The number of nitrogens with zero attached hydrogens (tertiary/aromatic N) is 2. The SMILES string of the molecule is CCOCCNC(=O)c1ccc2cc(Oc3ccc(C#N)cc3)ccc2n1. The normalized spacial score (nSPS) is 10.4. The molecule has 3 rings (SSSR count). The lowest BCUT2D eigenvalue weighted by Crippen LogP contribution is -2.27. The molecule has 0 unspecified atom stereocenters. The lowest BCUT2D eigenvalue weighted by Gasteiger charge is -2.08. The molecule has 0 radical (unpaired) electrons. The van der Waals surface area contributed by atoms with Crippen molar-refractivity contribution in [1.29, 1.82) is 5.26 Å². The summed E-state index contributed by atoms with van der Waals surface area (Å²) in [6, 6.07) is 18.0. The number of rotatable bonds is 7. The van der Waals surface area contributed by atoms with Crippen molar-refractivity contribution >= 4 is 16.8 Å². The number of carbonyl (C=O) groups excluding carboxylic acids is 1. The molecular weight excluding hydrogens is 342 g/mol. The number of hydrogen-bond acceptors (Lipinski definition) is 5. The van der Waals surface area contributed by atoms with Gasteiger partial charge in [0.1, 0.15) is 17.2 Å². The van der Waals surface area contributed by atoms with Crippen molar-refractivity contribution in [3.8, 4) is 17.6 Å². The summed E-state index contributed by atoms with van der Waals surface area (Å²) in [5.41, 5.74) is 1.65. The molecule has 0 spiro atoms. The van der Waals surface area contributed by atoms with E-state index in [1.807, 2.05) is 25.1 Å². The van der Waals surface area contributed by atoms with E-state index in [9.17, 15) is 4.79 Å². The van der Waals surface area contributed by atoms with Crippen LogP contribution in [-0.2, 0) is 4.74 Å². The highest BCUT2D eigenvalue weighted by Gasteiger charge is 2.08. The second-order valence-electron chi connectivity index (χ2n) is 5.74. The summed E-state index contributed by atoms with van der Waals surface area (Å²) in [6.45, 7) is 3.46. The van der Waals surface area contributed by atoms with Crippen LogP contribution in [-0.4, -0.2) is 30.6 Å². The Balaban J connectivity index is 1.70. The molecule has 6 heteroatoms. The van der Waals surface area contributed by atoms with Crippen LogP contribution in [0.2, 0.25) is 0 Å². The highest BCUT2D eigenvalue weighted by molar-refractivity contribution is 5.95. The van der Waals surface area contributed by atoms with Crippen LogP contribution in [0.5, 0.6) is 11.5 Å². The Kier molecular flexibility index (Phi) is 5.98. The van der Waals surface area contributed by atoms with E-state index in [4.69, 9.17) is 14.7 Å². The maximum absolute atomic E-state index is 12.1. The molecule has 0 aliphatic carbocycles. The van der Waals surface area contributed by atoms with E-state index < -0.39 is 0 Å². The average Bonchev–Trinajstić information content (AvgIpc) is 2.71. The monoisotopic (exact) mass is 361 g/mol. The van der Waals surface area contributed by atoms with E-state index in [-0.39, 0.29) is 5.91 Å². The maximum atomic E-state index is 12.1. The molecule has 3 aromatic rings. The summed E-state index contributed by atoms with van der Waals surface area (Å²) in [5, 5.41) is 12.5. The number of carbonyl (C=O) groups is 1. The van der Waals surface area contributed by atoms with Crippen LogP contribution in [0.25, 0.3) is 10.9 Å². The Morgan fingerprint density at radius 3 is 2.63 bits per heavy atom. The van der Waals surface area contributed by atoms with E-state index >= 15 is 0 Å². The first kappa shape index (κ1) is 18.4. The molecule has 0 aliphatic rings. The van der Waals surface area contributed by atoms with Crippen LogP contribution in [0.4, 0.5) is 0 Å². The molecule has 1 amide bonds. The quantitative estimate of drug-likeness (QED) is 0.649. The minimum absolute atomic E-state index is 0.227. The van der Waals surface area contributed by atoms with Crippen molar-refractivity contribution in [3.05, 3.63) is 65.9 Å². The van der Waals surface area contributed by atoms with Crippen LogP contribution in [0.1, 0.15) is 23.0 Å². The van der Waals surface area contributed by atoms with E-state index in [1.165, 1.54) is 0 Å². The number of fused-ring (bicyclic) bond motifs is 1. The third-order valence-electron chi connectivity index (χ3n) is 3.85. The van der Waals surface area contributed by atoms with Crippen molar-refractivity contribution in [3.63, 3.8) is 0 Å². The molecule has 0 atom stereocenters. The highest BCUT2D eigenvalue weighted by atomic mass is 16.5. The second kappa shape index (κ2) is 8.79. The molecule has 6 nitrogen and oxygen atoms in total. The molecule has 0 saturated carbocycles. The Hall–Kier alpha value is -3.43. The molecule has 0 fully saturated rings. The number of nitrogens with one attached hydrogen (secondary N) is 1. The summed E-state index contributed by atoms with van der Waals surface area (Å²) < 4.78 is 11.0. The van der Waals surface area contributed by atoms with Gasteiger partial charge in [-0.25, -0.2) is 4.98 Å². The van der Waals surface area contributed by atoms with E-state index in [2.05, 4.69) is 16.4 Å². The highest BCUT2D eigenvalue weighted by Crippen LogP contribution is 2.25. The Bertz CT molecular complexity index is 978. The standard InChI is InChI=1S/C21H19N3O3/c1-2-26-12-11-23-21(25)20-9-5-16-13-18(8-10-19(16)24-20)27-17-6-3-15(14-22)4-7-17/h3-10,13H,2,11-12H2,1H3,(H,23,25). The van der Waals surface area contributed by atoms with Crippen LogP contribution in [0.15, 0.2) is 54.6 Å². The lowest BCUT2D eigenvalue weighted by atomic mass is 10.2. The minimum atomic E-state index is -0.227. The fraction of sp³-hybridized carbons (Fsp3) is 0.190. The van der Waals surface area contributed by atoms with E-state index in [0.29, 0.717) is 48.0 Å². The Morgan fingerprint density at radius 1 is 1.11 bits per heavy atom. The molecule has 0 saturated heterocycles. The number of pyridine rings is 1. The minimum Gasteiger partial charge on any atom is -0.457 e. The molecule has 2 aromatic carbocycles. The molecule has 0 aliphatic heterocycles. The van der Waals surface area contributed by atoms with Gasteiger partial charge in [0.25, 0.3) is 5.91 Å². The first-order valence-electron chi connectivity index (χ1n) is 8.64. The average molecular weight is 361 g/mol. The number of benzene rings is 2. The van der Waals surface area contributed by atoms with E-state index in [1.54, 1.807) is 36.4 Å². The summed E-state index contributed by atoms with van der Waals surface area (Å²) in [6.07, 6.45) is 0. The topological polar surface area (TPSA) is 84.2 Å². The molecule has 1 N–H and O–H groups in total. The fourth-order valence-corrected chi connectivity index (χ4v) is 2.50.